The Hall–Kier alpha value is -0.820. The molecule has 4 nitrogen and oxygen atoms in total. The van der Waals surface area contributed by atoms with Crippen molar-refractivity contribution in [3.05, 3.63) is 35.9 Å². The second kappa shape index (κ2) is 10.9. The molecule has 0 saturated carbocycles. The molecule has 0 aliphatic heterocycles. The summed E-state index contributed by atoms with van der Waals surface area (Å²) in [7, 11) is 2.11. The van der Waals surface area contributed by atoms with Crippen LogP contribution in [0.25, 0.3) is 0 Å². The predicted octanol–water partition coefficient (Wildman–Crippen LogP) is 2.44. The first-order valence-corrected chi connectivity index (χ1v) is 6.91. The third kappa shape index (κ3) is 7.69. The number of nitrogens with one attached hydrogen (secondary N) is 1. The lowest BCUT2D eigenvalue weighted by Crippen LogP contribution is -2.35. The molecule has 0 heterocycles. The van der Waals surface area contributed by atoms with Gasteiger partial charge in [0.15, 0.2) is 5.96 Å². The van der Waals surface area contributed by atoms with Crippen molar-refractivity contribution in [2.24, 2.45) is 10.7 Å². The molecule has 1 aromatic carbocycles. The first kappa shape index (κ1) is 19.2. The van der Waals surface area contributed by atoms with E-state index in [9.17, 15) is 0 Å². The summed E-state index contributed by atoms with van der Waals surface area (Å²) < 4.78 is 0. The number of nitrogens with zero attached hydrogens (tertiary/aromatic N) is 2. The maximum absolute atomic E-state index is 5.78. The minimum atomic E-state index is 0. The van der Waals surface area contributed by atoms with Crippen LogP contribution in [0.15, 0.2) is 35.3 Å². The zero-order valence-electron chi connectivity index (χ0n) is 12.7. The van der Waals surface area contributed by atoms with Crippen LogP contribution in [0.2, 0.25) is 0 Å². The fraction of sp³-hybridized carbons (Fsp3) is 0.533. The summed E-state index contributed by atoms with van der Waals surface area (Å²) in [5.41, 5.74) is 7.10. The third-order valence-electron chi connectivity index (χ3n) is 3.11. The van der Waals surface area contributed by atoms with Gasteiger partial charge in [-0.3, -0.25) is 9.89 Å². The van der Waals surface area contributed by atoms with Crippen molar-refractivity contribution in [2.75, 3.05) is 20.1 Å². The zero-order valence-corrected chi connectivity index (χ0v) is 15.0. The Bertz CT molecular complexity index is 381. The third-order valence-corrected chi connectivity index (χ3v) is 3.11. The molecule has 0 aromatic heterocycles. The van der Waals surface area contributed by atoms with Gasteiger partial charge in [-0.05, 0) is 26.0 Å². The second-order valence-electron chi connectivity index (χ2n) is 4.90. The van der Waals surface area contributed by atoms with Crippen LogP contribution in [0.1, 0.15) is 25.8 Å². The fourth-order valence-electron chi connectivity index (χ4n) is 1.71. The molecule has 0 radical (unpaired) electrons. The molecule has 1 atom stereocenters. The van der Waals surface area contributed by atoms with Gasteiger partial charge in [-0.1, -0.05) is 37.3 Å². The van der Waals surface area contributed by atoms with Crippen LogP contribution in [0.5, 0.6) is 0 Å². The first-order chi connectivity index (χ1) is 9.13. The number of nitrogens with two attached hydrogens (primary N) is 1. The molecule has 20 heavy (non-hydrogen) atoms. The van der Waals surface area contributed by atoms with Crippen molar-refractivity contribution in [3.8, 4) is 0 Å². The molecule has 0 saturated heterocycles. The van der Waals surface area contributed by atoms with Crippen LogP contribution >= 0.6 is 24.0 Å². The van der Waals surface area contributed by atoms with Gasteiger partial charge in [0.25, 0.3) is 0 Å². The predicted molar refractivity (Wildman–Crippen MR) is 97.6 cm³/mol. The van der Waals surface area contributed by atoms with Crippen molar-refractivity contribution in [1.82, 2.24) is 10.2 Å². The van der Waals surface area contributed by atoms with E-state index in [1.807, 2.05) is 6.07 Å². The van der Waals surface area contributed by atoms with Crippen LogP contribution in [0.4, 0.5) is 0 Å². The highest BCUT2D eigenvalue weighted by Crippen LogP contribution is 2.06. The molecule has 5 heteroatoms. The summed E-state index contributed by atoms with van der Waals surface area (Å²) in [5.74, 6) is 0.543. The van der Waals surface area contributed by atoms with Crippen LogP contribution in [0.3, 0.4) is 0 Å². The van der Waals surface area contributed by atoms with E-state index < -0.39 is 0 Å². The number of guanidine groups is 1. The molecule has 114 valence electrons. The zero-order chi connectivity index (χ0) is 14.1. The molecule has 1 rings (SSSR count). The largest absolute Gasteiger partial charge is 0.370 e. The van der Waals surface area contributed by atoms with Gasteiger partial charge in [0.05, 0.1) is 6.54 Å². The monoisotopic (exact) mass is 390 g/mol. The van der Waals surface area contributed by atoms with Crippen molar-refractivity contribution in [1.29, 1.82) is 0 Å². The average molecular weight is 390 g/mol. The van der Waals surface area contributed by atoms with Crippen molar-refractivity contribution < 1.29 is 0 Å². The van der Waals surface area contributed by atoms with E-state index in [1.165, 1.54) is 5.56 Å². The standard InChI is InChI=1S/C15H26N4.HI/c1-4-10-17-15(16)18-11-13(2)19(3)12-14-8-6-5-7-9-14;/h5-9,13H,4,10-12H2,1-3H3,(H3,16,17,18);1H. The van der Waals surface area contributed by atoms with Gasteiger partial charge in [0.1, 0.15) is 0 Å². The lowest BCUT2D eigenvalue weighted by atomic mass is 10.2. The van der Waals surface area contributed by atoms with Gasteiger partial charge in [-0.25, -0.2) is 0 Å². The summed E-state index contributed by atoms with van der Waals surface area (Å²) in [6.07, 6.45) is 1.06. The summed E-state index contributed by atoms with van der Waals surface area (Å²) in [5, 5.41) is 3.09. The Labute approximate surface area is 139 Å². The smallest absolute Gasteiger partial charge is 0.188 e. The molecule has 3 N–H and O–H groups in total. The van der Waals surface area contributed by atoms with Gasteiger partial charge in [0.2, 0.25) is 0 Å². The topological polar surface area (TPSA) is 53.6 Å². The molecule has 0 aliphatic carbocycles. The molecule has 0 spiro atoms. The van der Waals surface area contributed by atoms with E-state index in [-0.39, 0.29) is 24.0 Å². The molecular formula is C15H27IN4. The number of benzene rings is 1. The Morgan fingerprint density at radius 1 is 1.35 bits per heavy atom. The molecule has 1 aromatic rings. The summed E-state index contributed by atoms with van der Waals surface area (Å²) in [6, 6.07) is 10.8. The van der Waals surface area contributed by atoms with Gasteiger partial charge >= 0.3 is 0 Å². The summed E-state index contributed by atoms with van der Waals surface area (Å²) in [6.45, 7) is 6.80. The lowest BCUT2D eigenvalue weighted by Gasteiger charge is -2.23. The van der Waals surface area contributed by atoms with Crippen LogP contribution in [-0.4, -0.2) is 37.0 Å². The minimum Gasteiger partial charge on any atom is -0.370 e. The number of rotatable bonds is 7. The molecule has 0 aliphatic rings. The number of hydrogen-bond donors (Lipinski definition) is 2. The highest BCUT2D eigenvalue weighted by molar-refractivity contribution is 14.0. The van der Waals surface area contributed by atoms with Gasteiger partial charge in [0, 0.05) is 19.1 Å². The maximum Gasteiger partial charge on any atom is 0.188 e. The number of aliphatic imine (C=N–C) groups is 1. The van der Waals surface area contributed by atoms with Crippen LogP contribution in [0, 0.1) is 0 Å². The van der Waals surface area contributed by atoms with E-state index in [0.717, 1.165) is 19.5 Å². The molecule has 0 fully saturated rings. The van der Waals surface area contributed by atoms with Crippen molar-refractivity contribution in [2.45, 2.75) is 32.9 Å². The van der Waals surface area contributed by atoms with Crippen LogP contribution < -0.4 is 11.1 Å². The maximum atomic E-state index is 5.78. The van der Waals surface area contributed by atoms with E-state index in [0.29, 0.717) is 18.5 Å². The Balaban J connectivity index is 0.00000361. The van der Waals surface area contributed by atoms with Gasteiger partial charge in [-0.15, -0.1) is 24.0 Å². The number of hydrogen-bond acceptors (Lipinski definition) is 2. The Kier molecular flexibility index (Phi) is 10.5. The lowest BCUT2D eigenvalue weighted by molar-refractivity contribution is 0.255. The second-order valence-corrected chi connectivity index (χ2v) is 4.90. The highest BCUT2D eigenvalue weighted by atomic mass is 127. The molecule has 0 bridgehead atoms. The van der Waals surface area contributed by atoms with E-state index in [4.69, 9.17) is 5.73 Å². The Morgan fingerprint density at radius 3 is 2.60 bits per heavy atom. The SMILES string of the molecule is CCCNC(N)=NCC(C)N(C)Cc1ccccc1.I. The van der Waals surface area contributed by atoms with Crippen molar-refractivity contribution >= 4 is 29.9 Å². The average Bonchev–Trinajstić information content (AvgIpc) is 2.43. The van der Waals surface area contributed by atoms with E-state index in [1.54, 1.807) is 0 Å². The number of likely N-dealkylation sites (N-methyl/N-ethyl adjacent to an activating group) is 1. The molecular weight excluding hydrogens is 363 g/mol. The number of halogens is 1. The normalized spacial score (nSPS) is 12.9. The van der Waals surface area contributed by atoms with Crippen molar-refractivity contribution in [3.63, 3.8) is 0 Å². The Morgan fingerprint density at radius 2 is 2.00 bits per heavy atom. The fourth-order valence-corrected chi connectivity index (χ4v) is 1.71. The van der Waals surface area contributed by atoms with E-state index in [2.05, 4.69) is 60.4 Å². The molecule has 0 amide bonds. The van der Waals surface area contributed by atoms with E-state index >= 15 is 0 Å². The summed E-state index contributed by atoms with van der Waals surface area (Å²) >= 11 is 0. The summed E-state index contributed by atoms with van der Waals surface area (Å²) in [4.78, 5) is 6.65. The molecule has 1 unspecified atom stereocenters. The minimum absolute atomic E-state index is 0. The van der Waals surface area contributed by atoms with Gasteiger partial charge < -0.3 is 11.1 Å². The quantitative estimate of drug-likeness (QED) is 0.427. The highest BCUT2D eigenvalue weighted by Gasteiger charge is 2.08. The first-order valence-electron chi connectivity index (χ1n) is 6.91. The van der Waals surface area contributed by atoms with Crippen LogP contribution in [-0.2, 0) is 6.54 Å². The van der Waals surface area contributed by atoms with Gasteiger partial charge in [-0.2, -0.15) is 0 Å².